The topological polar surface area (TPSA) is 108 Å². The van der Waals surface area contributed by atoms with Crippen molar-refractivity contribution in [3.63, 3.8) is 0 Å². The van der Waals surface area contributed by atoms with E-state index < -0.39 is 11.9 Å². The van der Waals surface area contributed by atoms with Crippen LogP contribution in [0, 0.1) is 0 Å². The van der Waals surface area contributed by atoms with E-state index in [9.17, 15) is 9.59 Å². The molecular formula is C10H8N4O3. The Morgan fingerprint density at radius 2 is 2.06 bits per heavy atom. The summed E-state index contributed by atoms with van der Waals surface area (Å²) < 4.78 is 0. The van der Waals surface area contributed by atoms with E-state index in [2.05, 4.69) is 20.5 Å². The van der Waals surface area contributed by atoms with Crippen molar-refractivity contribution in [3.8, 4) is 0 Å². The Balaban J connectivity index is 2.19. The molecule has 0 saturated heterocycles. The lowest BCUT2D eigenvalue weighted by atomic mass is 10.3. The van der Waals surface area contributed by atoms with Crippen LogP contribution in [0.25, 0.3) is 0 Å². The van der Waals surface area contributed by atoms with E-state index in [1.54, 1.807) is 0 Å². The van der Waals surface area contributed by atoms with Crippen LogP contribution in [0.5, 0.6) is 0 Å². The van der Waals surface area contributed by atoms with Gasteiger partial charge in [-0.2, -0.15) is 5.10 Å². The highest BCUT2D eigenvalue weighted by Crippen LogP contribution is 2.05. The zero-order chi connectivity index (χ0) is 12.3. The van der Waals surface area contributed by atoms with Crippen molar-refractivity contribution in [2.75, 3.05) is 5.32 Å². The van der Waals surface area contributed by atoms with Gasteiger partial charge in [0, 0.05) is 6.20 Å². The molecule has 0 fully saturated rings. The van der Waals surface area contributed by atoms with Gasteiger partial charge < -0.3 is 10.4 Å². The van der Waals surface area contributed by atoms with Crippen molar-refractivity contribution in [1.82, 2.24) is 15.2 Å². The van der Waals surface area contributed by atoms with Crippen LogP contribution in [0.2, 0.25) is 0 Å². The molecule has 86 valence electrons. The van der Waals surface area contributed by atoms with Gasteiger partial charge in [0.1, 0.15) is 11.4 Å². The van der Waals surface area contributed by atoms with Gasteiger partial charge in [0.25, 0.3) is 5.91 Å². The van der Waals surface area contributed by atoms with Crippen molar-refractivity contribution < 1.29 is 14.7 Å². The Bertz CT molecular complexity index is 550. The summed E-state index contributed by atoms with van der Waals surface area (Å²) in [5.74, 6) is -1.67. The molecule has 0 bridgehead atoms. The molecule has 7 heteroatoms. The number of amides is 1. The summed E-state index contributed by atoms with van der Waals surface area (Å²) in [5, 5.41) is 17.5. The van der Waals surface area contributed by atoms with E-state index in [1.807, 2.05) is 0 Å². The standard InChI is InChI=1S/C10H8N4O3/c15-9(13-6-4-11-12-5-6)7-2-1-3-8(14-7)10(16)17/h1-5H,(H,11,12)(H,13,15)(H,16,17). The Morgan fingerprint density at radius 1 is 1.29 bits per heavy atom. The van der Waals surface area contributed by atoms with E-state index >= 15 is 0 Å². The quantitative estimate of drug-likeness (QED) is 0.723. The second-order valence-corrected chi connectivity index (χ2v) is 3.15. The zero-order valence-electron chi connectivity index (χ0n) is 8.54. The molecule has 2 aromatic rings. The second-order valence-electron chi connectivity index (χ2n) is 3.15. The Hall–Kier alpha value is -2.70. The fourth-order valence-corrected chi connectivity index (χ4v) is 1.19. The molecular weight excluding hydrogens is 224 g/mol. The maximum absolute atomic E-state index is 11.7. The number of aromatic amines is 1. The first-order valence-electron chi connectivity index (χ1n) is 4.67. The van der Waals surface area contributed by atoms with Crippen LogP contribution in [0.1, 0.15) is 21.0 Å². The lowest BCUT2D eigenvalue weighted by Crippen LogP contribution is -2.15. The van der Waals surface area contributed by atoms with Gasteiger partial charge in [0.15, 0.2) is 0 Å². The number of hydrogen-bond acceptors (Lipinski definition) is 4. The summed E-state index contributed by atoms with van der Waals surface area (Å²) in [6, 6.07) is 4.21. The Labute approximate surface area is 95.5 Å². The number of nitrogens with zero attached hydrogens (tertiary/aromatic N) is 2. The van der Waals surface area contributed by atoms with Crippen LogP contribution in [0.15, 0.2) is 30.6 Å². The molecule has 7 nitrogen and oxygen atoms in total. The summed E-state index contributed by atoms with van der Waals surface area (Å²) in [6.07, 6.45) is 2.93. The van der Waals surface area contributed by atoms with Gasteiger partial charge in [0.2, 0.25) is 0 Å². The van der Waals surface area contributed by atoms with Gasteiger partial charge in [-0.25, -0.2) is 9.78 Å². The van der Waals surface area contributed by atoms with Crippen LogP contribution < -0.4 is 5.32 Å². The van der Waals surface area contributed by atoms with Gasteiger partial charge in [-0.15, -0.1) is 0 Å². The Morgan fingerprint density at radius 3 is 2.71 bits per heavy atom. The number of H-pyrrole nitrogens is 1. The van der Waals surface area contributed by atoms with Gasteiger partial charge >= 0.3 is 5.97 Å². The predicted molar refractivity (Wildman–Crippen MR) is 57.7 cm³/mol. The molecule has 2 heterocycles. The smallest absolute Gasteiger partial charge is 0.354 e. The van der Waals surface area contributed by atoms with Crippen LogP contribution in [-0.2, 0) is 0 Å². The van der Waals surface area contributed by atoms with Gasteiger partial charge in [-0.05, 0) is 12.1 Å². The third-order valence-electron chi connectivity index (χ3n) is 1.96. The average molecular weight is 232 g/mol. The van der Waals surface area contributed by atoms with Crippen molar-refractivity contribution in [3.05, 3.63) is 42.0 Å². The molecule has 0 spiro atoms. The summed E-state index contributed by atoms with van der Waals surface area (Å²) in [4.78, 5) is 26.1. The van der Waals surface area contributed by atoms with E-state index in [0.717, 1.165) is 0 Å². The van der Waals surface area contributed by atoms with E-state index in [0.29, 0.717) is 5.69 Å². The number of carbonyl (C=O) groups is 2. The molecule has 3 N–H and O–H groups in total. The molecule has 0 saturated carbocycles. The number of carboxylic acids is 1. The van der Waals surface area contributed by atoms with E-state index in [-0.39, 0.29) is 11.4 Å². The summed E-state index contributed by atoms with van der Waals surface area (Å²) in [7, 11) is 0. The second kappa shape index (κ2) is 4.44. The minimum atomic E-state index is -1.18. The third-order valence-corrected chi connectivity index (χ3v) is 1.96. The molecule has 0 aliphatic carbocycles. The predicted octanol–water partition coefficient (Wildman–Crippen LogP) is 0.755. The minimum Gasteiger partial charge on any atom is -0.477 e. The molecule has 2 aromatic heterocycles. The lowest BCUT2D eigenvalue weighted by Gasteiger charge is -2.02. The highest BCUT2D eigenvalue weighted by Gasteiger charge is 2.11. The first kappa shape index (κ1) is 10.8. The van der Waals surface area contributed by atoms with Crippen molar-refractivity contribution in [2.45, 2.75) is 0 Å². The van der Waals surface area contributed by atoms with Crippen LogP contribution >= 0.6 is 0 Å². The number of aromatic carboxylic acids is 1. The molecule has 0 aliphatic rings. The molecule has 1 amide bonds. The highest BCUT2D eigenvalue weighted by atomic mass is 16.4. The maximum atomic E-state index is 11.7. The number of nitrogens with one attached hydrogen (secondary N) is 2. The number of aromatic nitrogens is 3. The molecule has 0 unspecified atom stereocenters. The van der Waals surface area contributed by atoms with Gasteiger partial charge in [-0.1, -0.05) is 6.07 Å². The molecule has 17 heavy (non-hydrogen) atoms. The summed E-state index contributed by atoms with van der Waals surface area (Å²) in [6.45, 7) is 0. The summed E-state index contributed by atoms with van der Waals surface area (Å²) >= 11 is 0. The summed E-state index contributed by atoms with van der Waals surface area (Å²) in [5.41, 5.74) is 0.341. The van der Waals surface area contributed by atoms with Crippen molar-refractivity contribution in [2.24, 2.45) is 0 Å². The molecule has 0 radical (unpaired) electrons. The first-order valence-corrected chi connectivity index (χ1v) is 4.67. The fourth-order valence-electron chi connectivity index (χ4n) is 1.19. The number of rotatable bonds is 3. The Kier molecular flexibility index (Phi) is 2.82. The van der Waals surface area contributed by atoms with E-state index in [1.165, 1.54) is 30.6 Å². The van der Waals surface area contributed by atoms with Gasteiger partial charge in [-0.3, -0.25) is 9.89 Å². The monoisotopic (exact) mass is 232 g/mol. The first-order chi connectivity index (χ1) is 8.16. The van der Waals surface area contributed by atoms with Gasteiger partial charge in [0.05, 0.1) is 11.9 Å². The number of hydrogen-bond donors (Lipinski definition) is 3. The number of pyridine rings is 1. The van der Waals surface area contributed by atoms with Crippen LogP contribution in [-0.4, -0.2) is 32.2 Å². The largest absolute Gasteiger partial charge is 0.477 e. The maximum Gasteiger partial charge on any atom is 0.354 e. The normalized spacial score (nSPS) is 9.88. The SMILES string of the molecule is O=C(O)c1cccc(C(=O)Nc2cn[nH]c2)n1. The number of carboxylic acid groups (broad SMARTS) is 1. The molecule has 2 rings (SSSR count). The van der Waals surface area contributed by atoms with E-state index in [4.69, 9.17) is 5.11 Å². The van der Waals surface area contributed by atoms with Crippen LogP contribution in [0.3, 0.4) is 0 Å². The number of carbonyl (C=O) groups excluding carboxylic acids is 1. The third kappa shape index (κ3) is 2.46. The van der Waals surface area contributed by atoms with Crippen LogP contribution in [0.4, 0.5) is 5.69 Å². The van der Waals surface area contributed by atoms with Crippen molar-refractivity contribution >= 4 is 17.6 Å². The fraction of sp³-hybridized carbons (Fsp3) is 0. The average Bonchev–Trinajstić information content (AvgIpc) is 2.82. The lowest BCUT2D eigenvalue weighted by molar-refractivity contribution is 0.0690. The zero-order valence-corrected chi connectivity index (χ0v) is 8.54. The number of anilines is 1. The highest BCUT2D eigenvalue weighted by molar-refractivity contribution is 6.03. The molecule has 0 aliphatic heterocycles. The molecule has 0 aromatic carbocycles. The minimum absolute atomic E-state index is 0.0334. The van der Waals surface area contributed by atoms with Crippen molar-refractivity contribution in [1.29, 1.82) is 0 Å². The molecule has 0 atom stereocenters.